The maximum absolute atomic E-state index is 14.1. The zero-order valence-corrected chi connectivity index (χ0v) is 25.5. The minimum atomic E-state index is -1.24. The lowest BCUT2D eigenvalue weighted by atomic mass is 9.86. The zero-order chi connectivity index (χ0) is 31.5. The van der Waals surface area contributed by atoms with Gasteiger partial charge in [-0.25, -0.2) is 19.0 Å². The molecular weight excluding hydrogens is 557 g/mol. The van der Waals surface area contributed by atoms with E-state index in [9.17, 15) is 23.6 Å². The first-order valence-corrected chi connectivity index (χ1v) is 14.6. The molecule has 2 aliphatic rings. The van der Waals surface area contributed by atoms with Gasteiger partial charge < -0.3 is 24.4 Å². The number of allylic oxidation sites excluding steroid dienone is 1. The Labute approximate surface area is 250 Å². The number of hydrogen-bond acceptors (Lipinski definition) is 8. The van der Waals surface area contributed by atoms with Crippen molar-refractivity contribution < 1.29 is 37.8 Å². The number of halogens is 1. The third-order valence-electron chi connectivity index (χ3n) is 7.70. The third-order valence-corrected chi connectivity index (χ3v) is 7.70. The van der Waals surface area contributed by atoms with Crippen molar-refractivity contribution in [3.8, 4) is 5.75 Å². The van der Waals surface area contributed by atoms with Gasteiger partial charge in [0.15, 0.2) is 11.5 Å². The summed E-state index contributed by atoms with van der Waals surface area (Å²) in [7, 11) is 1.23. The van der Waals surface area contributed by atoms with Crippen molar-refractivity contribution in [2.75, 3.05) is 13.7 Å². The number of benzene rings is 1. The Balaban J connectivity index is 1.65. The fourth-order valence-corrected chi connectivity index (χ4v) is 5.83. The van der Waals surface area contributed by atoms with Gasteiger partial charge in [-0.3, -0.25) is 9.59 Å². The maximum Gasteiger partial charge on any atom is 0.408 e. The van der Waals surface area contributed by atoms with E-state index in [4.69, 9.17) is 14.2 Å². The minimum absolute atomic E-state index is 0.00425. The number of Topliss-reactive ketones (excluding diaryl/α,β-unsaturated/α-hetero) is 1. The summed E-state index contributed by atoms with van der Waals surface area (Å²) in [5.74, 6) is -1.77. The van der Waals surface area contributed by atoms with E-state index in [2.05, 4.69) is 16.9 Å². The largest absolute Gasteiger partial charge is 0.482 e. The van der Waals surface area contributed by atoms with Gasteiger partial charge in [-0.2, -0.15) is 0 Å². The topological polar surface area (TPSA) is 124 Å². The summed E-state index contributed by atoms with van der Waals surface area (Å²) in [6.45, 7) is 10.5. The molecule has 0 radical (unpaired) electrons. The van der Waals surface area contributed by atoms with Crippen LogP contribution in [-0.2, 0) is 19.1 Å². The average molecular weight is 598 g/mol. The van der Waals surface area contributed by atoms with Gasteiger partial charge in [-0.1, -0.05) is 18.9 Å². The standard InChI is InChI=1S/C32H40FN3O7/c1-7-8-9-10-11-12-23(35-30(40)43-31(3,4)5)28(38)36-18-32(16-24(36)29(39)41-6)17-25(37)26-21-15-20(33)13-14-22(21)34-19(2)27(26)42-32/h7,13-15,23-24H,1,8-12,16-18H2,2-6H3,(H,35,40)/t23-,24-,32+/m0/s1. The molecule has 0 unspecified atom stereocenters. The number of nitrogens with zero attached hydrogens (tertiary/aromatic N) is 2. The quantitative estimate of drug-likeness (QED) is 0.238. The van der Waals surface area contributed by atoms with Gasteiger partial charge >= 0.3 is 12.1 Å². The summed E-state index contributed by atoms with van der Waals surface area (Å²) in [4.78, 5) is 59.3. The van der Waals surface area contributed by atoms with Gasteiger partial charge in [-0.15, -0.1) is 6.58 Å². The molecule has 4 rings (SSSR count). The van der Waals surface area contributed by atoms with Crippen LogP contribution in [0.2, 0.25) is 0 Å². The number of aryl methyl sites for hydroxylation is 1. The second-order valence-corrected chi connectivity index (χ2v) is 12.3. The molecular formula is C32H40FN3O7. The predicted molar refractivity (Wildman–Crippen MR) is 157 cm³/mol. The van der Waals surface area contributed by atoms with Gasteiger partial charge in [0.1, 0.15) is 29.1 Å². The normalized spacial score (nSPS) is 20.4. The molecule has 43 heavy (non-hydrogen) atoms. The van der Waals surface area contributed by atoms with Crippen LogP contribution in [0.5, 0.6) is 5.75 Å². The van der Waals surface area contributed by atoms with Crippen LogP contribution in [0.25, 0.3) is 10.9 Å². The number of pyridine rings is 1. The number of unbranched alkanes of at least 4 members (excludes halogenated alkanes) is 3. The number of alkyl carbamates (subject to hydrolysis) is 1. The fraction of sp³-hybridized carbons (Fsp3) is 0.531. The van der Waals surface area contributed by atoms with E-state index in [1.807, 2.05) is 6.08 Å². The lowest BCUT2D eigenvalue weighted by Crippen LogP contribution is -2.53. The summed E-state index contributed by atoms with van der Waals surface area (Å²) in [6.07, 6.45) is 4.41. The first-order chi connectivity index (χ1) is 20.3. The van der Waals surface area contributed by atoms with Gasteiger partial charge in [0.25, 0.3) is 0 Å². The molecule has 2 aliphatic heterocycles. The average Bonchev–Trinajstić information content (AvgIpc) is 3.29. The van der Waals surface area contributed by atoms with Gasteiger partial charge in [0, 0.05) is 11.8 Å². The molecule has 3 atom stereocenters. The number of amides is 2. The Kier molecular flexibility index (Phi) is 9.41. The summed E-state index contributed by atoms with van der Waals surface area (Å²) in [5.41, 5.74) is -0.894. The fourth-order valence-electron chi connectivity index (χ4n) is 5.83. The number of nitrogens with one attached hydrogen (secondary N) is 1. The number of methoxy groups -OCH3 is 1. The molecule has 10 nitrogen and oxygen atoms in total. The minimum Gasteiger partial charge on any atom is -0.482 e. The van der Waals surface area contributed by atoms with E-state index in [1.54, 1.807) is 27.7 Å². The van der Waals surface area contributed by atoms with Crippen molar-refractivity contribution >= 4 is 34.7 Å². The predicted octanol–water partition coefficient (Wildman–Crippen LogP) is 5.19. The second kappa shape index (κ2) is 12.7. The summed E-state index contributed by atoms with van der Waals surface area (Å²) >= 11 is 0. The molecule has 2 amide bonds. The Morgan fingerprint density at radius 3 is 2.70 bits per heavy atom. The number of aromatic nitrogens is 1. The molecule has 1 saturated heterocycles. The number of hydrogen-bond donors (Lipinski definition) is 1. The van der Waals surface area contributed by atoms with Crippen molar-refractivity contribution in [3.05, 3.63) is 47.9 Å². The van der Waals surface area contributed by atoms with Crippen LogP contribution in [-0.4, -0.2) is 70.6 Å². The second-order valence-electron chi connectivity index (χ2n) is 12.3. The van der Waals surface area contributed by atoms with Crippen molar-refractivity contribution in [2.45, 2.75) is 95.9 Å². The van der Waals surface area contributed by atoms with E-state index in [0.717, 1.165) is 19.3 Å². The van der Waals surface area contributed by atoms with Crippen LogP contribution in [0.1, 0.15) is 81.8 Å². The summed E-state index contributed by atoms with van der Waals surface area (Å²) in [5, 5.41) is 3.03. The third kappa shape index (κ3) is 7.14. The van der Waals surface area contributed by atoms with Gasteiger partial charge in [-0.05, 0) is 65.2 Å². The molecule has 1 aromatic carbocycles. The highest BCUT2D eigenvalue weighted by Gasteiger charge is 2.55. The van der Waals surface area contributed by atoms with Crippen molar-refractivity contribution in [2.24, 2.45) is 0 Å². The molecule has 1 spiro atoms. The number of carbonyl (C=O) groups is 4. The van der Waals surface area contributed by atoms with Crippen LogP contribution in [0.3, 0.4) is 0 Å². The highest BCUT2D eigenvalue weighted by Crippen LogP contribution is 2.44. The van der Waals surface area contributed by atoms with Crippen LogP contribution < -0.4 is 10.1 Å². The molecule has 232 valence electrons. The van der Waals surface area contributed by atoms with Crippen LogP contribution in [0.15, 0.2) is 30.9 Å². The number of fused-ring (bicyclic) bond motifs is 3. The number of esters is 1. The van der Waals surface area contributed by atoms with Crippen LogP contribution in [0, 0.1) is 12.7 Å². The Hall–Kier alpha value is -4.02. The molecule has 1 aromatic heterocycles. The summed E-state index contributed by atoms with van der Waals surface area (Å²) in [6, 6.07) is 2.00. The highest BCUT2D eigenvalue weighted by molar-refractivity contribution is 6.11. The maximum atomic E-state index is 14.1. The van der Waals surface area contributed by atoms with E-state index in [0.29, 0.717) is 29.4 Å². The number of ether oxygens (including phenoxy) is 3. The highest BCUT2D eigenvalue weighted by atomic mass is 19.1. The molecule has 2 aromatic rings. The van der Waals surface area contributed by atoms with E-state index < -0.39 is 47.1 Å². The Morgan fingerprint density at radius 2 is 2.02 bits per heavy atom. The number of ketones is 1. The number of rotatable bonds is 9. The first kappa shape index (κ1) is 31.9. The lowest BCUT2D eigenvalue weighted by molar-refractivity contribution is -0.151. The van der Waals surface area contributed by atoms with Crippen LogP contribution in [0.4, 0.5) is 9.18 Å². The molecule has 1 N–H and O–H groups in total. The monoisotopic (exact) mass is 597 g/mol. The van der Waals surface area contributed by atoms with E-state index in [-0.39, 0.29) is 36.5 Å². The van der Waals surface area contributed by atoms with Crippen LogP contribution >= 0.6 is 0 Å². The van der Waals surface area contributed by atoms with Crippen molar-refractivity contribution in [3.63, 3.8) is 0 Å². The van der Waals surface area contributed by atoms with Gasteiger partial charge in [0.05, 0.1) is 36.8 Å². The SMILES string of the molecule is C=CCCCCC[C@H](NC(=O)OC(C)(C)C)C(=O)N1C[C@]2(CC(=O)c3c(c(C)nc4ccc(F)cc34)O2)C[C@H]1C(=O)OC. The Bertz CT molecular complexity index is 1440. The van der Waals surface area contributed by atoms with E-state index in [1.165, 1.54) is 30.2 Å². The molecule has 11 heteroatoms. The van der Waals surface area contributed by atoms with E-state index >= 15 is 0 Å². The molecule has 0 aliphatic carbocycles. The van der Waals surface area contributed by atoms with Crippen molar-refractivity contribution in [1.29, 1.82) is 0 Å². The Morgan fingerprint density at radius 1 is 1.28 bits per heavy atom. The zero-order valence-electron chi connectivity index (χ0n) is 25.5. The first-order valence-electron chi connectivity index (χ1n) is 14.6. The van der Waals surface area contributed by atoms with Gasteiger partial charge in [0.2, 0.25) is 5.91 Å². The smallest absolute Gasteiger partial charge is 0.408 e. The number of carbonyl (C=O) groups excluding carboxylic acids is 4. The molecule has 0 saturated carbocycles. The summed E-state index contributed by atoms with van der Waals surface area (Å²) < 4.78 is 31.0. The lowest BCUT2D eigenvalue weighted by Gasteiger charge is -2.36. The molecule has 1 fully saturated rings. The molecule has 3 heterocycles. The van der Waals surface area contributed by atoms with Crippen molar-refractivity contribution in [1.82, 2.24) is 15.2 Å². The number of likely N-dealkylation sites (tertiary alicyclic amines) is 1. The molecule has 0 bridgehead atoms.